The standard InChI is InChI=1S/C22H21ClN4/c23-21-11-18-19-10-17(12-25-22(19)26-20(18)13-24-21)16-6-4-15(5-7-16)14-27-8-2-1-3-9-27/h4-7,10-13H,1-3,8-9,14H2,(H,25,26). The van der Waals surface area contributed by atoms with Crippen LogP contribution in [0.2, 0.25) is 5.15 Å². The first kappa shape index (κ1) is 16.7. The molecule has 5 heteroatoms. The van der Waals surface area contributed by atoms with E-state index in [9.17, 15) is 0 Å². The molecule has 0 saturated carbocycles. The number of aromatic amines is 1. The monoisotopic (exact) mass is 376 g/mol. The molecule has 136 valence electrons. The van der Waals surface area contributed by atoms with Gasteiger partial charge in [0.2, 0.25) is 0 Å². The SMILES string of the molecule is Clc1cc2c(cn1)[nH]c1ncc(-c3ccc(CN4CCCCC4)cc3)cc12. The highest BCUT2D eigenvalue weighted by Crippen LogP contribution is 2.29. The maximum absolute atomic E-state index is 6.08. The van der Waals surface area contributed by atoms with Crippen molar-refractivity contribution in [1.82, 2.24) is 19.9 Å². The summed E-state index contributed by atoms with van der Waals surface area (Å²) in [6, 6.07) is 12.9. The number of nitrogens with zero attached hydrogens (tertiary/aromatic N) is 3. The summed E-state index contributed by atoms with van der Waals surface area (Å²) in [5.41, 5.74) is 5.48. The molecule has 0 spiro atoms. The van der Waals surface area contributed by atoms with E-state index in [-0.39, 0.29) is 0 Å². The zero-order valence-electron chi connectivity index (χ0n) is 15.1. The molecule has 1 aliphatic heterocycles. The number of fused-ring (bicyclic) bond motifs is 3. The van der Waals surface area contributed by atoms with E-state index in [2.05, 4.69) is 50.2 Å². The Morgan fingerprint density at radius 3 is 2.52 bits per heavy atom. The summed E-state index contributed by atoms with van der Waals surface area (Å²) in [4.78, 5) is 14.6. The van der Waals surface area contributed by atoms with Crippen molar-refractivity contribution in [1.29, 1.82) is 0 Å². The molecule has 1 N–H and O–H groups in total. The third kappa shape index (κ3) is 3.31. The van der Waals surface area contributed by atoms with Gasteiger partial charge in [-0.15, -0.1) is 0 Å². The zero-order valence-corrected chi connectivity index (χ0v) is 15.8. The van der Waals surface area contributed by atoms with E-state index in [1.807, 2.05) is 12.3 Å². The van der Waals surface area contributed by atoms with Gasteiger partial charge < -0.3 is 4.98 Å². The van der Waals surface area contributed by atoms with Crippen LogP contribution in [0.15, 0.2) is 48.8 Å². The summed E-state index contributed by atoms with van der Waals surface area (Å²) in [5.74, 6) is 0. The number of likely N-dealkylation sites (tertiary alicyclic amines) is 1. The van der Waals surface area contributed by atoms with E-state index in [0.29, 0.717) is 5.15 Å². The molecular formula is C22H21ClN4. The Kier molecular flexibility index (Phi) is 4.30. The molecular weight excluding hydrogens is 356 g/mol. The van der Waals surface area contributed by atoms with E-state index in [1.54, 1.807) is 6.20 Å². The minimum absolute atomic E-state index is 0.496. The highest BCUT2D eigenvalue weighted by molar-refractivity contribution is 6.30. The lowest BCUT2D eigenvalue weighted by Gasteiger charge is -2.26. The summed E-state index contributed by atoms with van der Waals surface area (Å²) in [6.07, 6.45) is 7.71. The number of nitrogens with one attached hydrogen (secondary N) is 1. The van der Waals surface area contributed by atoms with Crippen LogP contribution in [0.1, 0.15) is 24.8 Å². The number of halogens is 1. The fourth-order valence-electron chi connectivity index (χ4n) is 3.99. The molecule has 4 aromatic rings. The van der Waals surface area contributed by atoms with Crippen LogP contribution in [0, 0.1) is 0 Å². The Labute approximate surface area is 163 Å². The van der Waals surface area contributed by atoms with Crippen LogP contribution in [0.25, 0.3) is 33.1 Å². The molecule has 1 aliphatic rings. The lowest BCUT2D eigenvalue weighted by atomic mass is 10.0. The molecule has 5 rings (SSSR count). The van der Waals surface area contributed by atoms with Crippen molar-refractivity contribution in [2.75, 3.05) is 13.1 Å². The molecule has 27 heavy (non-hydrogen) atoms. The third-order valence-corrected chi connectivity index (χ3v) is 5.65. The Morgan fingerprint density at radius 1 is 0.889 bits per heavy atom. The number of H-pyrrole nitrogens is 1. The number of piperidine rings is 1. The largest absolute Gasteiger partial charge is 0.338 e. The van der Waals surface area contributed by atoms with Crippen molar-refractivity contribution in [2.24, 2.45) is 0 Å². The quantitative estimate of drug-likeness (QED) is 0.486. The van der Waals surface area contributed by atoms with Crippen LogP contribution in [-0.4, -0.2) is 32.9 Å². The molecule has 0 unspecified atom stereocenters. The van der Waals surface area contributed by atoms with E-state index in [0.717, 1.165) is 34.0 Å². The van der Waals surface area contributed by atoms with Crippen molar-refractivity contribution >= 4 is 33.5 Å². The molecule has 1 aromatic carbocycles. The normalized spacial score (nSPS) is 15.6. The van der Waals surface area contributed by atoms with Gasteiger partial charge in [0, 0.05) is 29.1 Å². The highest BCUT2D eigenvalue weighted by Gasteiger charge is 2.11. The molecule has 3 aromatic heterocycles. The van der Waals surface area contributed by atoms with Crippen LogP contribution in [-0.2, 0) is 6.54 Å². The van der Waals surface area contributed by atoms with Crippen molar-refractivity contribution in [3.05, 3.63) is 59.5 Å². The second kappa shape index (κ2) is 6.95. The van der Waals surface area contributed by atoms with Gasteiger partial charge in [0.25, 0.3) is 0 Å². The van der Waals surface area contributed by atoms with Crippen LogP contribution in [0.4, 0.5) is 0 Å². The van der Waals surface area contributed by atoms with Crippen LogP contribution < -0.4 is 0 Å². The molecule has 0 aliphatic carbocycles. The average Bonchev–Trinajstić information content (AvgIpc) is 3.06. The Balaban J connectivity index is 1.45. The van der Waals surface area contributed by atoms with Crippen molar-refractivity contribution in [2.45, 2.75) is 25.8 Å². The van der Waals surface area contributed by atoms with Gasteiger partial charge in [0.15, 0.2) is 0 Å². The lowest BCUT2D eigenvalue weighted by Crippen LogP contribution is -2.28. The fraction of sp³-hybridized carbons (Fsp3) is 0.273. The molecule has 1 saturated heterocycles. The molecule has 4 nitrogen and oxygen atoms in total. The smallest absolute Gasteiger partial charge is 0.138 e. The molecule has 0 amide bonds. The third-order valence-electron chi connectivity index (χ3n) is 5.44. The number of benzene rings is 1. The molecule has 0 radical (unpaired) electrons. The predicted octanol–water partition coefficient (Wildman–Crippen LogP) is 5.42. The minimum atomic E-state index is 0.496. The van der Waals surface area contributed by atoms with Gasteiger partial charge in [0.05, 0.1) is 11.7 Å². The molecule has 1 fully saturated rings. The summed E-state index contributed by atoms with van der Waals surface area (Å²) in [7, 11) is 0. The molecule has 0 bridgehead atoms. The Hall–Kier alpha value is -2.43. The van der Waals surface area contributed by atoms with Gasteiger partial charge >= 0.3 is 0 Å². The zero-order chi connectivity index (χ0) is 18.2. The fourth-order valence-corrected chi connectivity index (χ4v) is 4.14. The summed E-state index contributed by atoms with van der Waals surface area (Å²) >= 11 is 6.08. The maximum Gasteiger partial charge on any atom is 0.138 e. The van der Waals surface area contributed by atoms with Crippen LogP contribution >= 0.6 is 11.6 Å². The highest BCUT2D eigenvalue weighted by atomic mass is 35.5. The second-order valence-electron chi connectivity index (χ2n) is 7.33. The van der Waals surface area contributed by atoms with Gasteiger partial charge in [-0.05, 0) is 49.2 Å². The number of aromatic nitrogens is 3. The topological polar surface area (TPSA) is 44.8 Å². The van der Waals surface area contributed by atoms with E-state index in [4.69, 9.17) is 11.6 Å². The van der Waals surface area contributed by atoms with Crippen molar-refractivity contribution < 1.29 is 0 Å². The molecule has 0 atom stereocenters. The summed E-state index contributed by atoms with van der Waals surface area (Å²) in [6.45, 7) is 3.49. The van der Waals surface area contributed by atoms with Crippen LogP contribution in [0.3, 0.4) is 0 Å². The number of hydrogen-bond acceptors (Lipinski definition) is 3. The van der Waals surface area contributed by atoms with E-state index < -0.39 is 0 Å². The van der Waals surface area contributed by atoms with Gasteiger partial charge in [-0.3, -0.25) is 4.90 Å². The molecule has 4 heterocycles. The maximum atomic E-state index is 6.08. The van der Waals surface area contributed by atoms with Crippen molar-refractivity contribution in [3.8, 4) is 11.1 Å². The average molecular weight is 377 g/mol. The van der Waals surface area contributed by atoms with Crippen molar-refractivity contribution in [3.63, 3.8) is 0 Å². The Morgan fingerprint density at radius 2 is 1.70 bits per heavy atom. The van der Waals surface area contributed by atoms with Crippen LogP contribution in [0.5, 0.6) is 0 Å². The number of rotatable bonds is 3. The first-order chi connectivity index (χ1) is 13.3. The Bertz CT molecular complexity index is 1090. The van der Waals surface area contributed by atoms with Gasteiger partial charge in [-0.2, -0.15) is 0 Å². The van der Waals surface area contributed by atoms with Gasteiger partial charge in [0.1, 0.15) is 10.8 Å². The van der Waals surface area contributed by atoms with Gasteiger partial charge in [-0.25, -0.2) is 9.97 Å². The first-order valence-electron chi connectivity index (χ1n) is 9.51. The van der Waals surface area contributed by atoms with E-state index in [1.165, 1.54) is 43.5 Å². The lowest BCUT2D eigenvalue weighted by molar-refractivity contribution is 0.221. The number of pyridine rings is 2. The summed E-state index contributed by atoms with van der Waals surface area (Å²) < 4.78 is 0. The first-order valence-corrected chi connectivity index (χ1v) is 9.89. The minimum Gasteiger partial charge on any atom is -0.338 e. The predicted molar refractivity (Wildman–Crippen MR) is 111 cm³/mol. The summed E-state index contributed by atoms with van der Waals surface area (Å²) in [5, 5.41) is 2.63. The second-order valence-corrected chi connectivity index (χ2v) is 7.72. The van der Waals surface area contributed by atoms with E-state index >= 15 is 0 Å². The van der Waals surface area contributed by atoms with Gasteiger partial charge in [-0.1, -0.05) is 42.3 Å². The number of hydrogen-bond donors (Lipinski definition) is 1.